The first-order chi connectivity index (χ1) is 11.6. The molecule has 2 atom stereocenters. The molecule has 128 valence electrons. The van der Waals surface area contributed by atoms with E-state index >= 15 is 0 Å². The summed E-state index contributed by atoms with van der Waals surface area (Å²) in [6.07, 6.45) is 3.12. The van der Waals surface area contributed by atoms with E-state index in [1.165, 1.54) is 29.4 Å². The highest BCUT2D eigenvalue weighted by atomic mass is 16.2. The Labute approximate surface area is 144 Å². The lowest BCUT2D eigenvalue weighted by Gasteiger charge is -2.32. The van der Waals surface area contributed by atoms with Crippen molar-refractivity contribution in [2.45, 2.75) is 38.8 Å². The summed E-state index contributed by atoms with van der Waals surface area (Å²) in [5, 5.41) is 1.26. The second kappa shape index (κ2) is 6.25. The highest BCUT2D eigenvalue weighted by molar-refractivity contribution is 5.82. The van der Waals surface area contributed by atoms with Crippen LogP contribution in [0.2, 0.25) is 0 Å². The van der Waals surface area contributed by atoms with E-state index in [9.17, 15) is 4.79 Å². The fourth-order valence-electron chi connectivity index (χ4n) is 4.53. The minimum atomic E-state index is 0.319. The second-order valence-corrected chi connectivity index (χ2v) is 7.58. The number of rotatable bonds is 3. The smallest absolute Gasteiger partial charge is 0.224 e. The van der Waals surface area contributed by atoms with E-state index in [0.29, 0.717) is 24.3 Å². The van der Waals surface area contributed by atoms with Gasteiger partial charge in [-0.2, -0.15) is 0 Å². The number of para-hydroxylation sites is 1. The lowest BCUT2D eigenvalue weighted by Crippen LogP contribution is -2.42. The molecule has 4 nitrogen and oxygen atoms in total. The summed E-state index contributed by atoms with van der Waals surface area (Å²) < 4.78 is 2.28. The molecule has 2 aromatic rings. The van der Waals surface area contributed by atoms with Crippen molar-refractivity contribution in [3.63, 3.8) is 0 Å². The molecule has 0 unspecified atom stereocenters. The van der Waals surface area contributed by atoms with Crippen molar-refractivity contribution in [3.05, 3.63) is 36.0 Å². The summed E-state index contributed by atoms with van der Waals surface area (Å²) in [6.45, 7) is 5.92. The van der Waals surface area contributed by atoms with Gasteiger partial charge in [0, 0.05) is 49.9 Å². The quantitative estimate of drug-likeness (QED) is 0.868. The number of carbonyl (C=O) groups is 1. The van der Waals surface area contributed by atoms with Crippen molar-refractivity contribution >= 4 is 16.8 Å². The highest BCUT2D eigenvalue weighted by Gasteiger charge is 2.34. The highest BCUT2D eigenvalue weighted by Crippen LogP contribution is 2.27. The number of aromatic nitrogens is 1. The standard InChI is InChI=1S/C20H27N3O/c1-15-11-17-5-3-4-6-19(17)23(15)10-9-20(24)22-13-16-7-8-18(14-22)21(2)12-16/h3-6,11,16,18H,7-10,12-14H2,1-2H3/t16-,18-/m1/s1. The first-order valence-corrected chi connectivity index (χ1v) is 9.14. The van der Waals surface area contributed by atoms with E-state index < -0.39 is 0 Å². The lowest BCUT2D eigenvalue weighted by atomic mass is 9.96. The molecule has 1 amide bonds. The summed E-state index contributed by atoms with van der Waals surface area (Å²) in [6, 6.07) is 11.2. The Morgan fingerprint density at radius 3 is 2.83 bits per heavy atom. The zero-order chi connectivity index (χ0) is 16.7. The summed E-state index contributed by atoms with van der Waals surface area (Å²) in [7, 11) is 2.21. The van der Waals surface area contributed by atoms with Crippen LogP contribution < -0.4 is 0 Å². The van der Waals surface area contributed by atoms with E-state index in [0.717, 1.165) is 26.2 Å². The molecule has 0 aliphatic carbocycles. The average molecular weight is 325 g/mol. The number of aryl methyl sites for hydroxylation is 2. The molecule has 0 saturated carbocycles. The van der Waals surface area contributed by atoms with Crippen molar-refractivity contribution < 1.29 is 4.79 Å². The van der Waals surface area contributed by atoms with Crippen LogP contribution in [-0.2, 0) is 11.3 Å². The van der Waals surface area contributed by atoms with Gasteiger partial charge < -0.3 is 14.4 Å². The Bertz CT molecular complexity index is 750. The molecule has 1 aromatic heterocycles. The van der Waals surface area contributed by atoms with Crippen molar-refractivity contribution in [2.24, 2.45) is 5.92 Å². The normalized spacial score (nSPS) is 24.5. The predicted molar refractivity (Wildman–Crippen MR) is 97.0 cm³/mol. The third-order valence-electron chi connectivity index (χ3n) is 5.91. The Balaban J connectivity index is 1.46. The average Bonchev–Trinajstić information content (AvgIpc) is 2.71. The Hall–Kier alpha value is -1.81. The molecule has 5 rings (SSSR count). The van der Waals surface area contributed by atoms with Gasteiger partial charge in [0.15, 0.2) is 0 Å². The minimum Gasteiger partial charge on any atom is -0.344 e. The molecule has 0 N–H and O–H groups in total. The van der Waals surface area contributed by atoms with Crippen LogP contribution in [-0.4, -0.2) is 53.0 Å². The largest absolute Gasteiger partial charge is 0.344 e. The lowest BCUT2D eigenvalue weighted by molar-refractivity contribution is -0.131. The maximum absolute atomic E-state index is 12.8. The molecule has 3 aliphatic heterocycles. The van der Waals surface area contributed by atoms with Crippen molar-refractivity contribution in [1.82, 2.24) is 14.4 Å². The van der Waals surface area contributed by atoms with Gasteiger partial charge in [0.2, 0.25) is 5.91 Å². The maximum atomic E-state index is 12.8. The molecule has 0 spiro atoms. The number of amides is 1. The van der Waals surface area contributed by atoms with E-state index in [2.05, 4.69) is 58.7 Å². The van der Waals surface area contributed by atoms with Crippen LogP contribution in [0.5, 0.6) is 0 Å². The van der Waals surface area contributed by atoms with E-state index in [1.807, 2.05) is 0 Å². The first kappa shape index (κ1) is 15.7. The number of hydrogen-bond donors (Lipinski definition) is 0. The van der Waals surface area contributed by atoms with E-state index in [1.54, 1.807) is 0 Å². The van der Waals surface area contributed by atoms with Gasteiger partial charge in [0.25, 0.3) is 0 Å². The van der Waals surface area contributed by atoms with Gasteiger partial charge in [-0.3, -0.25) is 4.79 Å². The maximum Gasteiger partial charge on any atom is 0.224 e. The Morgan fingerprint density at radius 2 is 2.00 bits per heavy atom. The van der Waals surface area contributed by atoms with Crippen molar-refractivity contribution in [1.29, 1.82) is 0 Å². The van der Waals surface area contributed by atoms with Crippen LogP contribution in [0.15, 0.2) is 30.3 Å². The molecule has 4 heterocycles. The number of carbonyl (C=O) groups excluding carboxylic acids is 1. The van der Waals surface area contributed by atoms with Gasteiger partial charge in [0.05, 0.1) is 0 Å². The van der Waals surface area contributed by atoms with Crippen LogP contribution >= 0.6 is 0 Å². The van der Waals surface area contributed by atoms with Crippen LogP contribution in [0.1, 0.15) is 25.0 Å². The summed E-state index contributed by atoms with van der Waals surface area (Å²) >= 11 is 0. The number of piperidine rings is 1. The summed E-state index contributed by atoms with van der Waals surface area (Å²) in [4.78, 5) is 17.4. The predicted octanol–water partition coefficient (Wildman–Crippen LogP) is 2.89. The van der Waals surface area contributed by atoms with E-state index in [-0.39, 0.29) is 0 Å². The fourth-order valence-corrected chi connectivity index (χ4v) is 4.53. The molecule has 4 heteroatoms. The number of hydrogen-bond acceptors (Lipinski definition) is 2. The molecule has 3 saturated heterocycles. The number of benzene rings is 1. The third-order valence-corrected chi connectivity index (χ3v) is 5.91. The molecule has 3 fully saturated rings. The summed E-state index contributed by atoms with van der Waals surface area (Å²) in [5.41, 5.74) is 2.47. The zero-order valence-electron chi connectivity index (χ0n) is 14.7. The second-order valence-electron chi connectivity index (χ2n) is 7.58. The van der Waals surface area contributed by atoms with Crippen LogP contribution in [0.3, 0.4) is 0 Å². The van der Waals surface area contributed by atoms with Crippen molar-refractivity contribution in [2.75, 3.05) is 26.7 Å². The van der Waals surface area contributed by atoms with Gasteiger partial charge >= 0.3 is 0 Å². The van der Waals surface area contributed by atoms with Crippen LogP contribution in [0, 0.1) is 12.8 Å². The van der Waals surface area contributed by atoms with Gasteiger partial charge in [-0.15, -0.1) is 0 Å². The Morgan fingerprint density at radius 1 is 1.17 bits per heavy atom. The minimum absolute atomic E-state index is 0.319. The summed E-state index contributed by atoms with van der Waals surface area (Å²) in [5.74, 6) is 0.978. The SMILES string of the molecule is Cc1cc2ccccc2n1CCC(=O)N1C[C@@H]2CC[C@H](C1)N(C)C2. The number of nitrogens with zero attached hydrogens (tertiary/aromatic N) is 3. The molecule has 2 bridgehead atoms. The first-order valence-electron chi connectivity index (χ1n) is 9.14. The molecule has 3 aliphatic rings. The molecule has 1 aromatic carbocycles. The molecule has 0 radical (unpaired) electrons. The third kappa shape index (κ3) is 2.84. The monoisotopic (exact) mass is 325 g/mol. The van der Waals surface area contributed by atoms with Gasteiger partial charge in [-0.05, 0) is 50.2 Å². The Kier molecular flexibility index (Phi) is 4.09. The van der Waals surface area contributed by atoms with Gasteiger partial charge in [0.1, 0.15) is 0 Å². The van der Waals surface area contributed by atoms with Gasteiger partial charge in [-0.1, -0.05) is 18.2 Å². The molecular formula is C20H27N3O. The van der Waals surface area contributed by atoms with Crippen LogP contribution in [0.25, 0.3) is 10.9 Å². The molecular weight excluding hydrogens is 298 g/mol. The van der Waals surface area contributed by atoms with Gasteiger partial charge in [-0.25, -0.2) is 0 Å². The van der Waals surface area contributed by atoms with E-state index in [4.69, 9.17) is 0 Å². The topological polar surface area (TPSA) is 28.5 Å². The molecule has 24 heavy (non-hydrogen) atoms. The number of likely N-dealkylation sites (N-methyl/N-ethyl adjacent to an activating group) is 1. The number of fused-ring (bicyclic) bond motifs is 5. The van der Waals surface area contributed by atoms with Crippen molar-refractivity contribution in [3.8, 4) is 0 Å². The fraction of sp³-hybridized carbons (Fsp3) is 0.550. The van der Waals surface area contributed by atoms with Crippen LogP contribution in [0.4, 0.5) is 0 Å². The zero-order valence-corrected chi connectivity index (χ0v) is 14.7.